The minimum Gasteiger partial charge on any atom is -0.383 e. The molecule has 6 aromatic heterocycles. The molecule has 23 nitrogen and oxygen atoms in total. The number of ether oxygens (including phenoxy) is 1. The summed E-state index contributed by atoms with van der Waals surface area (Å²) in [6.07, 6.45) is 24.4. The molecule has 1 atom stereocenters. The fourth-order valence-corrected chi connectivity index (χ4v) is 17.9. The van der Waals surface area contributed by atoms with Crippen LogP contribution in [0.4, 0.5) is 17.5 Å². The van der Waals surface area contributed by atoms with Crippen LogP contribution in [0.25, 0.3) is 66.5 Å². The van der Waals surface area contributed by atoms with Crippen LogP contribution in [0.5, 0.6) is 0 Å². The number of benzene rings is 3. The number of sulfone groups is 3. The van der Waals surface area contributed by atoms with Crippen molar-refractivity contribution >= 4 is 85.8 Å². The molecular weight excluding hydrogens is 1320 g/mol. The zero-order chi connectivity index (χ0) is 70.0. The Labute approximate surface area is 586 Å². The number of likely N-dealkylation sites (tertiary alicyclic amines) is 3. The van der Waals surface area contributed by atoms with Crippen LogP contribution in [0.15, 0.2) is 110 Å². The Morgan fingerprint density at radius 2 is 0.880 bits per heavy atom. The number of fused-ring (bicyclic) bond motifs is 3. The number of anilines is 3. The van der Waals surface area contributed by atoms with Gasteiger partial charge in [0.1, 0.15) is 88.7 Å². The Balaban J connectivity index is 0.000000128. The first-order chi connectivity index (χ1) is 47.7. The second-order valence-electron chi connectivity index (χ2n) is 30.3. The summed E-state index contributed by atoms with van der Waals surface area (Å²) in [4.78, 5) is 45.5. The third kappa shape index (κ3) is 15.2. The number of nitrogen functional groups attached to an aromatic ring is 3. The highest BCUT2D eigenvalue weighted by atomic mass is 32.2. The van der Waals surface area contributed by atoms with Gasteiger partial charge in [0.15, 0.2) is 0 Å². The van der Waals surface area contributed by atoms with Gasteiger partial charge in [-0.3, -0.25) is 4.79 Å². The molecule has 3 aliphatic carbocycles. The van der Waals surface area contributed by atoms with Gasteiger partial charge in [0.2, 0.25) is 0 Å². The highest BCUT2D eigenvalue weighted by Crippen LogP contribution is 2.48. The minimum absolute atomic E-state index is 0.122. The van der Waals surface area contributed by atoms with Gasteiger partial charge in [-0.25, -0.2) is 55.2 Å². The smallest absolute Gasteiger partial charge is 0.147 e. The first-order valence-electron chi connectivity index (χ1n) is 35.2. The summed E-state index contributed by atoms with van der Waals surface area (Å²) in [6, 6.07) is 26.0. The number of hydrogen-bond acceptors (Lipinski definition) is 20. The summed E-state index contributed by atoms with van der Waals surface area (Å²) in [5, 5.41) is 2.60. The number of hydrogen-bond donors (Lipinski definition) is 3. The number of carbonyl (C=O) groups is 1. The van der Waals surface area contributed by atoms with Gasteiger partial charge in [-0.05, 0) is 136 Å². The molecular formula is C74H93N15O8S3. The van der Waals surface area contributed by atoms with E-state index in [2.05, 4.69) is 96.0 Å². The molecule has 3 saturated carbocycles. The molecule has 0 radical (unpaired) electrons. The predicted molar refractivity (Wildman–Crippen MR) is 394 cm³/mol. The van der Waals surface area contributed by atoms with Crippen molar-refractivity contribution in [3.63, 3.8) is 0 Å². The number of nitrogens with two attached hydrogens (primary N) is 3. The molecule has 0 amide bonds. The van der Waals surface area contributed by atoms with Crippen molar-refractivity contribution in [2.45, 2.75) is 102 Å². The molecule has 3 aromatic carbocycles. The van der Waals surface area contributed by atoms with Crippen LogP contribution in [0.2, 0.25) is 0 Å². The molecule has 100 heavy (non-hydrogen) atoms. The zero-order valence-electron chi connectivity index (χ0n) is 57.9. The second kappa shape index (κ2) is 27.9. The maximum atomic E-state index is 11.6. The van der Waals surface area contributed by atoms with Crippen LogP contribution in [0, 0.1) is 29.1 Å². The molecule has 26 heteroatoms. The van der Waals surface area contributed by atoms with E-state index < -0.39 is 29.5 Å². The molecule has 4 saturated heterocycles. The van der Waals surface area contributed by atoms with Crippen LogP contribution in [-0.2, 0) is 58.3 Å². The summed E-state index contributed by atoms with van der Waals surface area (Å²) in [5.74, 6) is 4.40. The van der Waals surface area contributed by atoms with Crippen molar-refractivity contribution in [1.29, 1.82) is 0 Å². The van der Waals surface area contributed by atoms with Crippen molar-refractivity contribution in [2.24, 2.45) is 29.1 Å². The van der Waals surface area contributed by atoms with Crippen LogP contribution >= 0.6 is 0 Å². The standard InChI is InChI=1S/2C25H31N5O3S.C24H31N5O2S/c1-34(31,32)6-5-17-3-2-4-19(7-17)21-11-30(24-22(21)23(26)27-16-28-24)20-8-18(9-20)10-29-12-25(13-29)14-33-15-25;1-16(31)20-12-29(13-20)11-18-9-21(10-18)30-14-22(23-24(26)27-15-28-25(23)30)19-5-3-4-17(8-19)6-7-34(2,32)33;1-16-6-8-28(16)13-18-11-20(12-18)29-14-21(22-23(25)26-15-27-24(22)29)19-5-3-4-17(10-19)7-9-32(2,30)31/h2-4,7,11,16,18,20H,5-6,8-10,12-15H2,1H3,(H2,26,27,28);3-5,8,14-15,18,20-21H,6-7,9-13H2,1-2H3,(H2,26,27,28);3-5,10,14-16,18,20H,6-9,11-13H2,1-2H3,(H2,25,26,27)/t;;16-,18?,20?/m..1/s1. The number of rotatable bonds is 22. The van der Waals surface area contributed by atoms with E-state index in [1.165, 1.54) is 70.6 Å². The van der Waals surface area contributed by atoms with E-state index in [0.717, 1.165) is 167 Å². The molecule has 16 rings (SSSR count). The summed E-state index contributed by atoms with van der Waals surface area (Å²) >= 11 is 0. The average Bonchev–Trinajstić information content (AvgIpc) is 1.35. The van der Waals surface area contributed by atoms with Gasteiger partial charge in [-0.1, -0.05) is 72.8 Å². The van der Waals surface area contributed by atoms with Gasteiger partial charge in [0.25, 0.3) is 0 Å². The van der Waals surface area contributed by atoms with Gasteiger partial charge in [-0.15, -0.1) is 0 Å². The van der Waals surface area contributed by atoms with E-state index in [0.29, 0.717) is 77.9 Å². The maximum Gasteiger partial charge on any atom is 0.147 e. The Bertz CT molecular complexity index is 4890. The molecule has 10 heterocycles. The predicted octanol–water partition coefficient (Wildman–Crippen LogP) is 8.60. The summed E-state index contributed by atoms with van der Waals surface area (Å²) < 4.78 is 81.8. The molecule has 0 bridgehead atoms. The Morgan fingerprint density at radius 3 is 1.19 bits per heavy atom. The monoisotopic (exact) mass is 1420 g/mol. The lowest BCUT2D eigenvalue weighted by Gasteiger charge is -2.56. The fraction of sp³-hybridized carbons (Fsp3) is 0.500. The highest BCUT2D eigenvalue weighted by Gasteiger charge is 2.50. The molecule has 6 N–H and O–H groups in total. The molecule has 4 aliphatic heterocycles. The van der Waals surface area contributed by atoms with Gasteiger partial charge < -0.3 is 50.3 Å². The SMILES string of the molecule is CC(=O)C1CN(CC2CC(n3cc(-c4cccc(CCS(C)(=O)=O)c4)c4c(N)ncnc43)C2)C1.CS(=O)(=O)CCc1cccc(-c2cn(C3CC(CN4CC5(COC5)C4)C3)c3ncnc(N)c23)c1.C[C@@H]1CCN1CC1CC(n2cc(-c3cccc(CCS(C)(=O)=O)c3)c3c(N)ncnc32)C1. The molecule has 530 valence electrons. The van der Waals surface area contributed by atoms with E-state index in [1.807, 2.05) is 60.7 Å². The first kappa shape index (κ1) is 69.4. The van der Waals surface area contributed by atoms with Crippen LogP contribution in [0.3, 0.4) is 0 Å². The van der Waals surface area contributed by atoms with Crippen molar-refractivity contribution in [3.05, 3.63) is 127 Å². The maximum absolute atomic E-state index is 11.6. The molecule has 9 aromatic rings. The largest absolute Gasteiger partial charge is 0.383 e. The van der Waals surface area contributed by atoms with E-state index in [-0.39, 0.29) is 23.2 Å². The number of aromatic nitrogens is 9. The quantitative estimate of drug-likeness (QED) is 0.0572. The lowest BCUT2D eigenvalue weighted by Crippen LogP contribution is -2.66. The number of aryl methyl sites for hydroxylation is 3. The average molecular weight is 1420 g/mol. The summed E-state index contributed by atoms with van der Waals surface area (Å²) in [7, 11) is -9.05. The fourth-order valence-electron chi connectivity index (χ4n) is 16.1. The van der Waals surface area contributed by atoms with E-state index in [4.69, 9.17) is 21.9 Å². The Morgan fingerprint density at radius 1 is 0.520 bits per heavy atom. The van der Waals surface area contributed by atoms with Crippen molar-refractivity contribution in [1.82, 2.24) is 58.3 Å². The van der Waals surface area contributed by atoms with Crippen molar-refractivity contribution in [3.8, 4) is 33.4 Å². The third-order valence-corrected chi connectivity index (χ3v) is 25.0. The molecule has 7 aliphatic rings. The van der Waals surface area contributed by atoms with Crippen LogP contribution in [0.1, 0.15) is 93.6 Å². The zero-order valence-corrected chi connectivity index (χ0v) is 60.3. The summed E-state index contributed by atoms with van der Waals surface area (Å²) in [5.41, 5.74) is 31.0. The lowest BCUT2D eigenvalue weighted by molar-refractivity contribution is -0.192. The minimum atomic E-state index is -3.03. The topological polar surface area (TPSA) is 309 Å². The number of Topliss-reactive ketones (excluding diaryl/α,β-unsaturated/α-hetero) is 1. The van der Waals surface area contributed by atoms with Crippen LogP contribution in [-0.4, -0.2) is 197 Å². The van der Waals surface area contributed by atoms with Gasteiger partial charge in [0.05, 0.1) is 46.6 Å². The number of nitrogens with zero attached hydrogens (tertiary/aromatic N) is 12. The summed E-state index contributed by atoms with van der Waals surface area (Å²) in [6.45, 7) is 14.7. The first-order valence-corrected chi connectivity index (χ1v) is 41.3. The number of ketones is 1. The number of carbonyl (C=O) groups excluding carboxylic acids is 1. The molecule has 1 spiro atoms. The van der Waals surface area contributed by atoms with Crippen molar-refractivity contribution in [2.75, 3.05) is 119 Å². The molecule has 0 unspecified atom stereocenters. The highest BCUT2D eigenvalue weighted by molar-refractivity contribution is 7.91. The Kier molecular flexibility index (Phi) is 19.4. The van der Waals surface area contributed by atoms with E-state index in [9.17, 15) is 30.0 Å². The van der Waals surface area contributed by atoms with E-state index in [1.54, 1.807) is 13.3 Å². The van der Waals surface area contributed by atoms with Gasteiger partial charge >= 0.3 is 0 Å². The van der Waals surface area contributed by atoms with Gasteiger partial charge in [0, 0.05) is 135 Å². The molecule has 7 fully saturated rings. The van der Waals surface area contributed by atoms with Crippen molar-refractivity contribution < 1.29 is 34.8 Å². The third-order valence-electron chi connectivity index (χ3n) is 22.2. The normalized spacial score (nSPS) is 23.0. The van der Waals surface area contributed by atoms with Crippen LogP contribution < -0.4 is 17.2 Å². The Hall–Kier alpha value is -7.72. The second-order valence-corrected chi connectivity index (χ2v) is 37.0. The lowest BCUT2D eigenvalue weighted by atomic mass is 9.74. The van der Waals surface area contributed by atoms with Gasteiger partial charge in [-0.2, -0.15) is 0 Å². The van der Waals surface area contributed by atoms with E-state index >= 15 is 0 Å².